The molecule has 0 bridgehead atoms. The molecule has 3 heteroatoms. The van der Waals surface area contributed by atoms with E-state index in [9.17, 15) is 0 Å². The van der Waals surface area contributed by atoms with Crippen molar-refractivity contribution < 1.29 is 0 Å². The summed E-state index contributed by atoms with van der Waals surface area (Å²) < 4.78 is 0. The first-order valence-electron chi connectivity index (χ1n) is 11.0. The van der Waals surface area contributed by atoms with Crippen molar-refractivity contribution >= 4 is 38.4 Å². The van der Waals surface area contributed by atoms with Crippen molar-refractivity contribution in [2.45, 2.75) is 38.5 Å². The summed E-state index contributed by atoms with van der Waals surface area (Å²) in [6, 6.07) is 34.9. The van der Waals surface area contributed by atoms with E-state index in [2.05, 4.69) is 91.0 Å². The molecular formula is C26H33P3. The van der Waals surface area contributed by atoms with Gasteiger partial charge in [0, 0.05) is 0 Å². The van der Waals surface area contributed by atoms with Crippen molar-refractivity contribution in [2.24, 2.45) is 0 Å². The van der Waals surface area contributed by atoms with E-state index in [1.807, 2.05) is 0 Å². The van der Waals surface area contributed by atoms with Crippen molar-refractivity contribution in [3.63, 3.8) is 0 Å². The van der Waals surface area contributed by atoms with Crippen LogP contribution in [0.1, 0.15) is 38.5 Å². The van der Waals surface area contributed by atoms with Crippen LogP contribution in [0.3, 0.4) is 0 Å². The molecule has 3 aromatic carbocycles. The van der Waals surface area contributed by atoms with Crippen molar-refractivity contribution in [1.29, 1.82) is 0 Å². The number of rotatable bonds is 3. The Bertz CT molecular complexity index is 762. The van der Waals surface area contributed by atoms with E-state index >= 15 is 0 Å². The summed E-state index contributed by atoms with van der Waals surface area (Å²) in [4.78, 5) is 0. The van der Waals surface area contributed by atoms with Gasteiger partial charge in [0.2, 0.25) is 0 Å². The van der Waals surface area contributed by atoms with E-state index in [4.69, 9.17) is 0 Å². The van der Waals surface area contributed by atoms with Gasteiger partial charge in [0.05, 0.1) is 0 Å². The molecule has 1 aliphatic heterocycles. The van der Waals surface area contributed by atoms with Crippen LogP contribution in [0.2, 0.25) is 0 Å². The molecule has 2 unspecified atom stereocenters. The van der Waals surface area contributed by atoms with E-state index in [1.165, 1.54) is 50.8 Å². The summed E-state index contributed by atoms with van der Waals surface area (Å²) in [5.41, 5.74) is 0. The molecular weight excluding hydrogens is 405 g/mol. The van der Waals surface area contributed by atoms with Gasteiger partial charge in [-0.3, -0.25) is 0 Å². The van der Waals surface area contributed by atoms with Crippen LogP contribution in [0.25, 0.3) is 0 Å². The van der Waals surface area contributed by atoms with E-state index in [0.717, 1.165) is 16.2 Å². The molecule has 152 valence electrons. The van der Waals surface area contributed by atoms with Gasteiger partial charge in [-0.1, -0.05) is 0 Å². The van der Waals surface area contributed by atoms with Crippen molar-refractivity contribution in [3.8, 4) is 0 Å². The summed E-state index contributed by atoms with van der Waals surface area (Å²) in [6.07, 6.45) is 8.61. The summed E-state index contributed by atoms with van der Waals surface area (Å²) in [7, 11) is 2.07. The zero-order valence-corrected chi connectivity index (χ0v) is 20.2. The SMILES string of the molecule is c1ccc(P2(c3ccccc3)(c3ccccc3)CCCCCCCCPP2)cc1. The summed E-state index contributed by atoms with van der Waals surface area (Å²) >= 11 is 0. The second-order valence-corrected chi connectivity index (χ2v) is 20.6. The van der Waals surface area contributed by atoms with E-state index in [1.54, 1.807) is 15.9 Å². The second kappa shape index (κ2) is 9.84. The minimum atomic E-state index is -2.50. The minimum absolute atomic E-state index is 1.00. The van der Waals surface area contributed by atoms with E-state index in [0.29, 0.717) is 0 Å². The third kappa shape index (κ3) is 4.10. The third-order valence-corrected chi connectivity index (χ3v) is 24.8. The van der Waals surface area contributed by atoms with Gasteiger partial charge in [0.1, 0.15) is 0 Å². The first kappa shape index (κ1) is 21.2. The van der Waals surface area contributed by atoms with Crippen molar-refractivity contribution in [1.82, 2.24) is 0 Å². The molecule has 0 aromatic heterocycles. The molecule has 2 atom stereocenters. The van der Waals surface area contributed by atoms with Crippen LogP contribution in [0.15, 0.2) is 91.0 Å². The zero-order chi connectivity index (χ0) is 19.9. The van der Waals surface area contributed by atoms with Crippen LogP contribution >= 0.6 is 22.5 Å². The second-order valence-electron chi connectivity index (χ2n) is 8.19. The van der Waals surface area contributed by atoms with E-state index < -0.39 is 6.29 Å². The molecule has 1 aliphatic rings. The van der Waals surface area contributed by atoms with Crippen LogP contribution in [-0.2, 0) is 0 Å². The fraction of sp³-hybridized carbons (Fsp3) is 0.308. The number of hydrogen-bond donors (Lipinski definition) is 0. The fourth-order valence-corrected chi connectivity index (χ4v) is 25.2. The Kier molecular flexibility index (Phi) is 7.19. The van der Waals surface area contributed by atoms with Crippen LogP contribution in [0, 0.1) is 0 Å². The van der Waals surface area contributed by atoms with Crippen LogP contribution < -0.4 is 15.9 Å². The standard InChI is InChI=1S/C26H33P3/c1-2-4-15-23-29(28-27-22-14-3-1,24-16-8-5-9-17-24,25-18-10-6-11-19-25)26-20-12-7-13-21-26/h5-13,16-21,27-28H,1-4,14-15,22-23H2. The normalized spacial score (nSPS) is 22.8. The summed E-state index contributed by atoms with van der Waals surface area (Å²) in [5, 5.41) is 4.84. The monoisotopic (exact) mass is 438 g/mol. The molecule has 1 saturated heterocycles. The first-order chi connectivity index (χ1) is 14.4. The number of hydrogen-bond acceptors (Lipinski definition) is 0. The Morgan fingerprint density at radius 2 is 0.897 bits per heavy atom. The molecule has 0 N–H and O–H groups in total. The summed E-state index contributed by atoms with van der Waals surface area (Å²) in [6.45, 7) is 0. The average molecular weight is 438 g/mol. The predicted molar refractivity (Wildman–Crippen MR) is 139 cm³/mol. The van der Waals surface area contributed by atoms with Gasteiger partial charge in [-0.2, -0.15) is 0 Å². The molecule has 29 heavy (non-hydrogen) atoms. The van der Waals surface area contributed by atoms with Crippen LogP contribution in [-0.4, -0.2) is 12.3 Å². The molecule has 3 aromatic rings. The maximum absolute atomic E-state index is 2.50. The topological polar surface area (TPSA) is 0 Å². The zero-order valence-electron chi connectivity index (χ0n) is 17.3. The van der Waals surface area contributed by atoms with Gasteiger partial charge in [-0.05, 0) is 0 Å². The molecule has 0 radical (unpaired) electrons. The van der Waals surface area contributed by atoms with Gasteiger partial charge in [-0.25, -0.2) is 0 Å². The molecule has 0 aliphatic carbocycles. The maximum atomic E-state index is 2.45. The van der Waals surface area contributed by atoms with Gasteiger partial charge < -0.3 is 0 Å². The molecule has 1 heterocycles. The Labute approximate surface area is 180 Å². The van der Waals surface area contributed by atoms with Gasteiger partial charge in [0.25, 0.3) is 0 Å². The van der Waals surface area contributed by atoms with Gasteiger partial charge in [-0.15, -0.1) is 0 Å². The molecule has 0 saturated carbocycles. The Morgan fingerprint density at radius 1 is 0.483 bits per heavy atom. The fourth-order valence-electron chi connectivity index (χ4n) is 4.93. The Morgan fingerprint density at radius 3 is 1.38 bits per heavy atom. The van der Waals surface area contributed by atoms with Crippen molar-refractivity contribution in [3.05, 3.63) is 91.0 Å². The molecule has 0 spiro atoms. The van der Waals surface area contributed by atoms with Gasteiger partial charge >= 0.3 is 180 Å². The van der Waals surface area contributed by atoms with Crippen LogP contribution in [0.4, 0.5) is 0 Å². The quantitative estimate of drug-likeness (QED) is 0.384. The Hall–Kier alpha value is -1.05. The average Bonchev–Trinajstić information content (AvgIpc) is 2.86. The third-order valence-electron chi connectivity index (χ3n) is 6.46. The summed E-state index contributed by atoms with van der Waals surface area (Å²) in [5.74, 6) is 0. The molecule has 0 amide bonds. The Balaban J connectivity index is 2.02. The predicted octanol–water partition coefficient (Wildman–Crippen LogP) is 7.06. The van der Waals surface area contributed by atoms with E-state index in [-0.39, 0.29) is 0 Å². The molecule has 4 rings (SSSR count). The first-order valence-corrected chi connectivity index (χ1v) is 17.5. The van der Waals surface area contributed by atoms with Gasteiger partial charge in [0.15, 0.2) is 0 Å². The molecule has 0 nitrogen and oxygen atoms in total. The number of benzene rings is 3. The van der Waals surface area contributed by atoms with Crippen molar-refractivity contribution in [2.75, 3.05) is 12.3 Å². The van der Waals surface area contributed by atoms with Crippen LogP contribution in [0.5, 0.6) is 0 Å². The molecule has 1 fully saturated rings.